The summed E-state index contributed by atoms with van der Waals surface area (Å²) < 4.78 is -0.140. The number of thiol groups is 1. The lowest BCUT2D eigenvalue weighted by molar-refractivity contribution is -0.856. The lowest BCUT2D eigenvalue weighted by Gasteiger charge is -2.40. The summed E-state index contributed by atoms with van der Waals surface area (Å²) in [6.07, 6.45) is 6.86. The van der Waals surface area contributed by atoms with Gasteiger partial charge in [-0.25, -0.2) is 0 Å². The van der Waals surface area contributed by atoms with E-state index in [0.29, 0.717) is 13.1 Å². The first kappa shape index (κ1) is 11.6. The predicted molar refractivity (Wildman–Crippen MR) is 63.9 cm³/mol. The lowest BCUT2D eigenvalue weighted by atomic mass is 10.0. The molecule has 0 aromatic carbocycles. The number of allylic oxidation sites excluding steroid dienone is 3. The third-order valence-electron chi connectivity index (χ3n) is 2.52. The highest BCUT2D eigenvalue weighted by atomic mass is 32.1. The number of rotatable bonds is 2. The third kappa shape index (κ3) is 3.33. The monoisotopic (exact) mass is 211 g/mol. The van der Waals surface area contributed by atoms with Gasteiger partial charge in [0.2, 0.25) is 0 Å². The van der Waals surface area contributed by atoms with E-state index < -0.39 is 0 Å². The van der Waals surface area contributed by atoms with Crippen LogP contribution in [0.2, 0.25) is 0 Å². The Morgan fingerprint density at radius 1 is 1.64 bits per heavy atom. The van der Waals surface area contributed by atoms with Crippen molar-refractivity contribution in [3.63, 3.8) is 0 Å². The zero-order chi connectivity index (χ0) is 10.6. The van der Waals surface area contributed by atoms with Crippen molar-refractivity contribution in [2.24, 2.45) is 0 Å². The van der Waals surface area contributed by atoms with Crippen LogP contribution in [0.25, 0.3) is 0 Å². The van der Waals surface area contributed by atoms with Crippen LogP contribution in [0, 0.1) is 5.21 Å². The Bertz CT molecular complexity index is 290. The number of nitrogens with zero attached hydrogens (tertiary/aromatic N) is 1. The molecule has 1 aliphatic heterocycles. The Kier molecular flexibility index (Phi) is 3.98. The molecule has 78 valence electrons. The second-order valence-electron chi connectivity index (χ2n) is 3.87. The maximum Gasteiger partial charge on any atom is 0.0974 e. The molecule has 0 saturated heterocycles. The SMILES string of the molecule is C/C(=C\C=C/S)C1=CC[N+](C)([O-])CC1. The van der Waals surface area contributed by atoms with Gasteiger partial charge in [-0.3, -0.25) is 0 Å². The smallest absolute Gasteiger partial charge is 0.0974 e. The summed E-state index contributed by atoms with van der Waals surface area (Å²) in [6, 6.07) is 0. The van der Waals surface area contributed by atoms with Crippen LogP contribution in [0.3, 0.4) is 0 Å². The lowest BCUT2D eigenvalue weighted by Crippen LogP contribution is -2.41. The number of hydrogen-bond acceptors (Lipinski definition) is 2. The highest BCUT2D eigenvalue weighted by molar-refractivity contribution is 7.83. The molecule has 0 aliphatic carbocycles. The Hall–Kier alpha value is -0.510. The maximum atomic E-state index is 11.6. The number of likely N-dealkylation sites (N-methyl/N-ethyl adjacent to an activating group) is 1. The first-order chi connectivity index (χ1) is 6.55. The summed E-state index contributed by atoms with van der Waals surface area (Å²) in [5, 5.41) is 13.3. The normalized spacial score (nSPS) is 29.4. The van der Waals surface area contributed by atoms with Crippen LogP contribution in [0.1, 0.15) is 13.3 Å². The number of quaternary nitrogens is 1. The van der Waals surface area contributed by atoms with Crippen molar-refractivity contribution in [1.29, 1.82) is 0 Å². The van der Waals surface area contributed by atoms with E-state index in [2.05, 4.69) is 25.6 Å². The van der Waals surface area contributed by atoms with Crippen molar-refractivity contribution in [3.05, 3.63) is 40.0 Å². The Balaban J connectivity index is 2.68. The minimum absolute atomic E-state index is 0.140. The van der Waals surface area contributed by atoms with Gasteiger partial charge >= 0.3 is 0 Å². The van der Waals surface area contributed by atoms with E-state index in [0.717, 1.165) is 6.42 Å². The summed E-state index contributed by atoms with van der Waals surface area (Å²) >= 11 is 3.99. The molecule has 1 heterocycles. The Morgan fingerprint density at radius 2 is 2.36 bits per heavy atom. The van der Waals surface area contributed by atoms with Crippen LogP contribution >= 0.6 is 12.6 Å². The molecule has 1 atom stereocenters. The molecule has 0 bridgehead atoms. The van der Waals surface area contributed by atoms with Gasteiger partial charge in [-0.05, 0) is 29.6 Å². The fraction of sp³-hybridized carbons (Fsp3) is 0.455. The molecule has 0 saturated carbocycles. The molecular weight excluding hydrogens is 194 g/mol. The quantitative estimate of drug-likeness (QED) is 0.323. The summed E-state index contributed by atoms with van der Waals surface area (Å²) in [6.45, 7) is 3.34. The Morgan fingerprint density at radius 3 is 2.86 bits per heavy atom. The van der Waals surface area contributed by atoms with Gasteiger partial charge in [0, 0.05) is 6.42 Å². The van der Waals surface area contributed by atoms with Crippen molar-refractivity contribution in [1.82, 2.24) is 0 Å². The highest BCUT2D eigenvalue weighted by Gasteiger charge is 2.16. The molecule has 1 unspecified atom stereocenters. The summed E-state index contributed by atoms with van der Waals surface area (Å²) in [7, 11) is 1.72. The van der Waals surface area contributed by atoms with Crippen LogP contribution in [-0.2, 0) is 0 Å². The van der Waals surface area contributed by atoms with Gasteiger partial charge < -0.3 is 9.85 Å². The molecule has 0 spiro atoms. The number of hydrogen-bond donors (Lipinski definition) is 1. The first-order valence-corrected chi connectivity index (χ1v) is 5.29. The van der Waals surface area contributed by atoms with Gasteiger partial charge in [-0.2, -0.15) is 12.6 Å². The zero-order valence-electron chi connectivity index (χ0n) is 8.73. The van der Waals surface area contributed by atoms with E-state index in [-0.39, 0.29) is 4.65 Å². The third-order valence-corrected chi connectivity index (χ3v) is 2.69. The van der Waals surface area contributed by atoms with Crippen molar-refractivity contribution >= 4 is 12.6 Å². The maximum absolute atomic E-state index is 11.6. The van der Waals surface area contributed by atoms with Gasteiger partial charge in [0.25, 0.3) is 0 Å². The van der Waals surface area contributed by atoms with Crippen LogP contribution in [0.5, 0.6) is 0 Å². The van der Waals surface area contributed by atoms with Gasteiger partial charge in [0.05, 0.1) is 20.1 Å². The van der Waals surface area contributed by atoms with Crippen LogP contribution in [0.15, 0.2) is 34.8 Å². The van der Waals surface area contributed by atoms with E-state index in [9.17, 15) is 5.21 Å². The molecular formula is C11H17NOS. The van der Waals surface area contributed by atoms with Gasteiger partial charge in [0.1, 0.15) is 0 Å². The van der Waals surface area contributed by atoms with Gasteiger partial charge in [-0.15, -0.1) is 0 Å². The zero-order valence-corrected chi connectivity index (χ0v) is 9.63. The summed E-state index contributed by atoms with van der Waals surface area (Å²) in [5.41, 5.74) is 2.53. The fourth-order valence-corrected chi connectivity index (χ4v) is 1.59. The fourth-order valence-electron chi connectivity index (χ4n) is 1.51. The summed E-state index contributed by atoms with van der Waals surface area (Å²) in [4.78, 5) is 0. The predicted octanol–water partition coefficient (Wildman–Crippen LogP) is 2.65. The van der Waals surface area contributed by atoms with Gasteiger partial charge in [0.15, 0.2) is 0 Å². The van der Waals surface area contributed by atoms with Crippen molar-refractivity contribution in [2.45, 2.75) is 13.3 Å². The second-order valence-corrected chi connectivity index (χ2v) is 4.17. The molecule has 0 fully saturated rings. The van der Waals surface area contributed by atoms with E-state index >= 15 is 0 Å². The second kappa shape index (κ2) is 4.82. The highest BCUT2D eigenvalue weighted by Crippen LogP contribution is 2.21. The molecule has 0 radical (unpaired) electrons. The molecule has 3 heteroatoms. The largest absolute Gasteiger partial charge is 0.633 e. The van der Waals surface area contributed by atoms with Crippen LogP contribution < -0.4 is 0 Å². The number of hydroxylamine groups is 3. The van der Waals surface area contributed by atoms with Gasteiger partial charge in [-0.1, -0.05) is 12.2 Å². The topological polar surface area (TPSA) is 23.1 Å². The van der Waals surface area contributed by atoms with E-state index in [1.165, 1.54) is 11.1 Å². The average Bonchev–Trinajstić information content (AvgIpc) is 2.14. The molecule has 0 N–H and O–H groups in total. The first-order valence-electron chi connectivity index (χ1n) is 4.78. The molecule has 0 aromatic heterocycles. The molecule has 2 nitrogen and oxygen atoms in total. The molecule has 1 aliphatic rings. The van der Waals surface area contributed by atoms with E-state index in [1.807, 2.05) is 12.2 Å². The average molecular weight is 211 g/mol. The molecule has 1 rings (SSSR count). The minimum Gasteiger partial charge on any atom is -0.633 e. The van der Waals surface area contributed by atoms with E-state index in [1.54, 1.807) is 12.5 Å². The standard InChI is InChI=1S/C11H17NOS/c1-10(4-3-9-14)11-5-7-12(2,13)8-6-11/h3-5,9,14H,6-8H2,1-2H3/b9-3-,10-4+. The minimum atomic E-state index is -0.140. The summed E-state index contributed by atoms with van der Waals surface area (Å²) in [5.74, 6) is 0. The molecule has 14 heavy (non-hydrogen) atoms. The van der Waals surface area contributed by atoms with Crippen molar-refractivity contribution < 1.29 is 4.65 Å². The van der Waals surface area contributed by atoms with Crippen molar-refractivity contribution in [3.8, 4) is 0 Å². The van der Waals surface area contributed by atoms with Crippen LogP contribution in [0.4, 0.5) is 0 Å². The van der Waals surface area contributed by atoms with Crippen molar-refractivity contribution in [2.75, 3.05) is 20.1 Å². The molecule has 0 amide bonds. The Labute approximate surface area is 91.2 Å². The molecule has 0 aromatic rings. The van der Waals surface area contributed by atoms with Crippen LogP contribution in [-0.4, -0.2) is 24.8 Å². The van der Waals surface area contributed by atoms with E-state index in [4.69, 9.17) is 0 Å².